The Balaban J connectivity index is 2.00. The van der Waals surface area contributed by atoms with E-state index in [0.29, 0.717) is 11.5 Å². The Morgan fingerprint density at radius 2 is 1.82 bits per heavy atom. The Bertz CT molecular complexity index is 587. The zero-order valence-electron chi connectivity index (χ0n) is 8.99. The standard InChI is InChI=1S/C13H9N4/c1-2-4-10(5-3-1)11-6-8-14-13(16-11)12-7-9-15-17-12/h1-9H. The molecule has 0 atom stereocenters. The second-order valence-electron chi connectivity index (χ2n) is 3.55. The third kappa shape index (κ3) is 1.92. The van der Waals surface area contributed by atoms with E-state index in [1.165, 1.54) is 0 Å². The number of allylic oxidation sites excluding steroid dienone is 1. The maximum Gasteiger partial charge on any atom is 0.180 e. The van der Waals surface area contributed by atoms with E-state index in [-0.39, 0.29) is 0 Å². The van der Waals surface area contributed by atoms with Crippen molar-refractivity contribution < 1.29 is 0 Å². The Hall–Kier alpha value is -2.49. The highest BCUT2D eigenvalue weighted by atomic mass is 15.3. The van der Waals surface area contributed by atoms with Crippen LogP contribution in [-0.2, 0) is 0 Å². The van der Waals surface area contributed by atoms with Gasteiger partial charge >= 0.3 is 0 Å². The van der Waals surface area contributed by atoms with E-state index in [9.17, 15) is 0 Å². The summed E-state index contributed by atoms with van der Waals surface area (Å²) in [5.41, 5.74) is 6.60. The van der Waals surface area contributed by atoms with E-state index in [2.05, 4.69) is 20.5 Å². The van der Waals surface area contributed by atoms with Crippen molar-refractivity contribution in [2.24, 2.45) is 5.10 Å². The van der Waals surface area contributed by atoms with Crippen LogP contribution in [0.5, 0.6) is 0 Å². The summed E-state index contributed by atoms with van der Waals surface area (Å²) < 4.78 is 0. The Morgan fingerprint density at radius 3 is 2.59 bits per heavy atom. The number of benzene rings is 1. The highest BCUT2D eigenvalue weighted by Gasteiger charge is 2.09. The molecular weight excluding hydrogens is 212 g/mol. The van der Waals surface area contributed by atoms with Gasteiger partial charge in [0.2, 0.25) is 0 Å². The molecule has 1 radical (unpaired) electrons. The van der Waals surface area contributed by atoms with Crippen LogP contribution in [0.25, 0.3) is 17.0 Å². The van der Waals surface area contributed by atoms with Gasteiger partial charge in [-0.25, -0.2) is 9.97 Å². The summed E-state index contributed by atoms with van der Waals surface area (Å²) in [6.45, 7) is 0. The average molecular weight is 221 g/mol. The maximum atomic E-state index is 4.47. The summed E-state index contributed by atoms with van der Waals surface area (Å²) in [5, 5.41) is 3.77. The van der Waals surface area contributed by atoms with Crippen LogP contribution in [0.15, 0.2) is 53.8 Å². The first-order chi connectivity index (χ1) is 8.43. The van der Waals surface area contributed by atoms with E-state index < -0.39 is 0 Å². The molecular formula is C13H9N4. The Kier molecular flexibility index (Phi) is 2.38. The van der Waals surface area contributed by atoms with Crippen molar-refractivity contribution in [1.82, 2.24) is 15.4 Å². The van der Waals surface area contributed by atoms with Crippen molar-refractivity contribution in [3.8, 4) is 11.3 Å². The molecule has 0 amide bonds. The lowest BCUT2D eigenvalue weighted by atomic mass is 10.1. The maximum absolute atomic E-state index is 4.47. The van der Waals surface area contributed by atoms with Crippen molar-refractivity contribution in [1.29, 1.82) is 0 Å². The lowest BCUT2D eigenvalue weighted by molar-refractivity contribution is 0.960. The van der Waals surface area contributed by atoms with Crippen LogP contribution in [0.2, 0.25) is 0 Å². The molecule has 0 aliphatic carbocycles. The Labute approximate surface area is 98.7 Å². The van der Waals surface area contributed by atoms with Crippen molar-refractivity contribution >= 4 is 11.9 Å². The number of rotatable bonds is 2. The molecule has 0 unspecified atom stereocenters. The van der Waals surface area contributed by atoms with Crippen molar-refractivity contribution in [2.45, 2.75) is 0 Å². The monoisotopic (exact) mass is 221 g/mol. The summed E-state index contributed by atoms with van der Waals surface area (Å²) in [6, 6.07) is 11.9. The van der Waals surface area contributed by atoms with E-state index in [0.717, 1.165) is 11.3 Å². The summed E-state index contributed by atoms with van der Waals surface area (Å²) in [6.07, 6.45) is 5.16. The molecule has 3 rings (SSSR count). The fourth-order valence-electron chi connectivity index (χ4n) is 1.60. The molecule has 2 aromatic rings. The first kappa shape index (κ1) is 9.72. The van der Waals surface area contributed by atoms with Gasteiger partial charge in [0.05, 0.1) is 11.9 Å². The second-order valence-corrected chi connectivity index (χ2v) is 3.55. The van der Waals surface area contributed by atoms with Gasteiger partial charge in [-0.2, -0.15) is 5.10 Å². The number of nitrogens with zero attached hydrogens (tertiary/aromatic N) is 4. The molecule has 0 spiro atoms. The van der Waals surface area contributed by atoms with Crippen LogP contribution in [0.1, 0.15) is 5.82 Å². The quantitative estimate of drug-likeness (QED) is 0.779. The van der Waals surface area contributed by atoms with Crippen molar-refractivity contribution in [3.05, 3.63) is 54.5 Å². The minimum absolute atomic E-state index is 0.601. The molecule has 2 heterocycles. The van der Waals surface area contributed by atoms with Crippen LogP contribution in [0.3, 0.4) is 0 Å². The normalized spacial score (nSPS) is 13.3. The molecule has 1 aromatic heterocycles. The molecule has 1 aliphatic heterocycles. The molecule has 81 valence electrons. The highest BCUT2D eigenvalue weighted by molar-refractivity contribution is 5.85. The number of hydrogen-bond donors (Lipinski definition) is 0. The summed E-state index contributed by atoms with van der Waals surface area (Å²) in [4.78, 5) is 8.67. The lowest BCUT2D eigenvalue weighted by Gasteiger charge is -2.03. The van der Waals surface area contributed by atoms with Gasteiger partial charge in [0.1, 0.15) is 5.70 Å². The van der Waals surface area contributed by atoms with Gasteiger partial charge in [0.25, 0.3) is 0 Å². The Morgan fingerprint density at radius 1 is 0.941 bits per heavy atom. The van der Waals surface area contributed by atoms with Crippen LogP contribution in [-0.4, -0.2) is 16.2 Å². The third-order valence-corrected chi connectivity index (χ3v) is 2.42. The fraction of sp³-hybridized carbons (Fsp3) is 0. The van der Waals surface area contributed by atoms with Crippen LogP contribution >= 0.6 is 0 Å². The third-order valence-electron chi connectivity index (χ3n) is 2.42. The predicted octanol–water partition coefficient (Wildman–Crippen LogP) is 2.09. The summed E-state index contributed by atoms with van der Waals surface area (Å²) in [7, 11) is 0. The van der Waals surface area contributed by atoms with Gasteiger partial charge in [0.15, 0.2) is 5.82 Å². The van der Waals surface area contributed by atoms with Gasteiger partial charge < -0.3 is 0 Å². The molecule has 0 bridgehead atoms. The molecule has 4 nitrogen and oxygen atoms in total. The molecule has 0 saturated carbocycles. The van der Waals surface area contributed by atoms with E-state index in [1.807, 2.05) is 36.4 Å². The van der Waals surface area contributed by atoms with Gasteiger partial charge in [-0.3, -0.25) is 0 Å². The van der Waals surface area contributed by atoms with Gasteiger partial charge in [0, 0.05) is 11.8 Å². The molecule has 0 N–H and O–H groups in total. The van der Waals surface area contributed by atoms with Crippen molar-refractivity contribution in [2.75, 3.05) is 0 Å². The molecule has 17 heavy (non-hydrogen) atoms. The predicted molar refractivity (Wildman–Crippen MR) is 66.1 cm³/mol. The number of hydrogen-bond acceptors (Lipinski definition) is 3. The smallest absolute Gasteiger partial charge is 0.180 e. The van der Waals surface area contributed by atoms with Crippen LogP contribution < -0.4 is 5.43 Å². The first-order valence-corrected chi connectivity index (χ1v) is 5.27. The summed E-state index contributed by atoms with van der Waals surface area (Å²) >= 11 is 0. The second kappa shape index (κ2) is 4.17. The van der Waals surface area contributed by atoms with Crippen LogP contribution in [0.4, 0.5) is 0 Å². The summed E-state index contributed by atoms with van der Waals surface area (Å²) in [5.74, 6) is 0.601. The first-order valence-electron chi connectivity index (χ1n) is 5.27. The molecule has 4 heteroatoms. The molecule has 0 fully saturated rings. The SMILES string of the molecule is C1=N[N]C(c2nccc(-c3ccccc3)n2)=C1. The topological polar surface area (TPSA) is 52.2 Å². The van der Waals surface area contributed by atoms with Gasteiger partial charge in [-0.1, -0.05) is 30.3 Å². The number of aromatic nitrogens is 2. The zero-order valence-corrected chi connectivity index (χ0v) is 8.99. The molecule has 1 aliphatic rings. The van der Waals surface area contributed by atoms with E-state index >= 15 is 0 Å². The minimum atomic E-state index is 0.601. The molecule has 0 saturated heterocycles. The molecule has 1 aromatic carbocycles. The van der Waals surface area contributed by atoms with E-state index in [4.69, 9.17) is 0 Å². The lowest BCUT2D eigenvalue weighted by Crippen LogP contribution is -1.99. The minimum Gasteiger partial charge on any atom is -0.235 e. The van der Waals surface area contributed by atoms with E-state index in [1.54, 1.807) is 18.5 Å². The van der Waals surface area contributed by atoms with Crippen LogP contribution in [0, 0.1) is 0 Å². The van der Waals surface area contributed by atoms with Crippen molar-refractivity contribution in [3.63, 3.8) is 0 Å². The fourth-order valence-corrected chi connectivity index (χ4v) is 1.60. The average Bonchev–Trinajstić information content (AvgIpc) is 2.94. The van der Waals surface area contributed by atoms with Gasteiger partial charge in [-0.05, 0) is 12.1 Å². The largest absolute Gasteiger partial charge is 0.235 e. The zero-order chi connectivity index (χ0) is 11.5. The van der Waals surface area contributed by atoms with Gasteiger partial charge in [-0.15, -0.1) is 5.43 Å². The highest BCUT2D eigenvalue weighted by Crippen LogP contribution is 2.18.